The third-order valence-electron chi connectivity index (χ3n) is 7.41. The molecular weight excluding hydrogens is 633 g/mol. The van der Waals surface area contributed by atoms with Crippen LogP contribution in [0.2, 0.25) is 0 Å². The highest BCUT2D eigenvalue weighted by atomic mass is 32.7. The van der Waals surface area contributed by atoms with Crippen LogP contribution in [0.4, 0.5) is 0 Å². The van der Waals surface area contributed by atoms with Crippen molar-refractivity contribution in [2.24, 2.45) is 0 Å². The van der Waals surface area contributed by atoms with Gasteiger partial charge < -0.3 is 0 Å². The van der Waals surface area contributed by atoms with Crippen molar-refractivity contribution < 1.29 is 0 Å². The van der Waals surface area contributed by atoms with Gasteiger partial charge in [0.15, 0.2) is 0 Å². The highest BCUT2D eigenvalue weighted by Crippen LogP contribution is 2.53. The average Bonchev–Trinajstić information content (AvgIpc) is 3.15. The fourth-order valence-corrected chi connectivity index (χ4v) is 13.6. The summed E-state index contributed by atoms with van der Waals surface area (Å²) in [5, 5.41) is 5.48. The summed E-state index contributed by atoms with van der Waals surface area (Å²) in [6.07, 6.45) is 0. The molecule has 46 heavy (non-hydrogen) atoms. The minimum Gasteiger partial charge on any atom is -0.248 e. The van der Waals surface area contributed by atoms with Gasteiger partial charge in [-0.05, 0) is 57.6 Å². The summed E-state index contributed by atoms with van der Waals surface area (Å²) in [7, 11) is -1.12. The maximum Gasteiger partial charge on any atom is 0.0709 e. The largest absolute Gasteiger partial charge is 0.248 e. The first kappa shape index (κ1) is 30.7. The lowest BCUT2D eigenvalue weighted by molar-refractivity contribution is 1.31. The number of nitrogens with zero attached hydrogens (tertiary/aromatic N) is 1. The van der Waals surface area contributed by atoms with E-state index in [0.717, 1.165) is 22.5 Å². The second-order valence-corrected chi connectivity index (χ2v) is 18.4. The Morgan fingerprint density at radius 3 is 0.913 bits per heavy atom. The Bertz CT molecular complexity index is 1750. The van der Waals surface area contributed by atoms with Crippen LogP contribution < -0.4 is 21.2 Å². The van der Waals surface area contributed by atoms with E-state index in [1.54, 1.807) is 0 Å². The first-order valence-corrected chi connectivity index (χ1v) is 20.7. The van der Waals surface area contributed by atoms with Gasteiger partial charge in [-0.15, -0.1) is 0 Å². The fraction of sp³-hybridized carbons (Fsp3) is 0. The summed E-state index contributed by atoms with van der Waals surface area (Å²) < 4.78 is 0. The molecule has 0 amide bonds. The molecule has 0 aliphatic carbocycles. The lowest BCUT2D eigenvalue weighted by Gasteiger charge is -2.18. The SMILES string of the molecule is c1ccc(P(Sc2ccc(-c3cccc(-c4ccc(SP(c5ccccc5)c5ccccc5)cc4)n3)cc2)c2ccccc2)cc1. The second-order valence-electron chi connectivity index (χ2n) is 10.6. The summed E-state index contributed by atoms with van der Waals surface area (Å²) in [6, 6.07) is 67.4. The molecule has 5 heteroatoms. The molecule has 1 aromatic heterocycles. The number of benzene rings is 6. The van der Waals surface area contributed by atoms with Gasteiger partial charge in [0, 0.05) is 35.2 Å². The zero-order chi connectivity index (χ0) is 31.0. The molecule has 7 aromatic rings. The monoisotopic (exact) mass is 663 g/mol. The van der Waals surface area contributed by atoms with Crippen LogP contribution in [0.1, 0.15) is 0 Å². The van der Waals surface area contributed by atoms with Gasteiger partial charge in [-0.25, -0.2) is 4.98 Å². The average molecular weight is 664 g/mol. The Hall–Kier alpha value is -3.97. The minimum absolute atomic E-state index is 0.561. The van der Waals surface area contributed by atoms with Crippen LogP contribution in [0.15, 0.2) is 198 Å². The van der Waals surface area contributed by atoms with Gasteiger partial charge >= 0.3 is 0 Å². The van der Waals surface area contributed by atoms with E-state index in [-0.39, 0.29) is 0 Å². The van der Waals surface area contributed by atoms with Crippen LogP contribution in [0.5, 0.6) is 0 Å². The van der Waals surface area contributed by atoms with E-state index in [4.69, 9.17) is 4.98 Å². The van der Waals surface area contributed by atoms with Crippen LogP contribution in [0, 0.1) is 0 Å². The lowest BCUT2D eigenvalue weighted by Crippen LogP contribution is -2.08. The molecule has 1 heterocycles. The number of aromatic nitrogens is 1. The van der Waals surface area contributed by atoms with Crippen molar-refractivity contribution >= 4 is 58.2 Å². The molecule has 0 aliphatic rings. The molecule has 1 nitrogen and oxygen atoms in total. The van der Waals surface area contributed by atoms with Gasteiger partial charge in [0.05, 0.1) is 11.4 Å². The molecule has 0 spiro atoms. The van der Waals surface area contributed by atoms with E-state index in [9.17, 15) is 0 Å². The van der Waals surface area contributed by atoms with Crippen molar-refractivity contribution in [1.29, 1.82) is 0 Å². The maximum absolute atomic E-state index is 5.08. The number of hydrogen-bond donors (Lipinski definition) is 0. The van der Waals surface area contributed by atoms with Crippen LogP contribution >= 0.6 is 37.0 Å². The quantitative estimate of drug-likeness (QED) is 0.135. The van der Waals surface area contributed by atoms with E-state index in [1.807, 2.05) is 22.8 Å². The van der Waals surface area contributed by atoms with E-state index in [1.165, 1.54) is 31.0 Å². The van der Waals surface area contributed by atoms with Crippen LogP contribution in [-0.2, 0) is 0 Å². The molecule has 0 aliphatic heterocycles. The molecule has 0 saturated carbocycles. The van der Waals surface area contributed by atoms with E-state index in [0.29, 0.717) is 0 Å². The van der Waals surface area contributed by atoms with Crippen molar-refractivity contribution in [3.63, 3.8) is 0 Å². The predicted octanol–water partition coefficient (Wildman–Crippen LogP) is 10.7. The summed E-state index contributed by atoms with van der Waals surface area (Å²) >= 11 is 3.89. The zero-order valence-electron chi connectivity index (χ0n) is 25.1. The molecule has 6 aromatic carbocycles. The maximum atomic E-state index is 5.08. The Balaban J connectivity index is 1.08. The van der Waals surface area contributed by atoms with Crippen molar-refractivity contribution in [1.82, 2.24) is 4.98 Å². The van der Waals surface area contributed by atoms with Crippen molar-refractivity contribution in [3.8, 4) is 22.5 Å². The Labute approximate surface area is 282 Å². The molecule has 0 N–H and O–H groups in total. The Kier molecular flexibility index (Phi) is 10.1. The van der Waals surface area contributed by atoms with Crippen LogP contribution in [0.3, 0.4) is 0 Å². The highest BCUT2D eigenvalue weighted by Gasteiger charge is 2.17. The van der Waals surface area contributed by atoms with Crippen molar-refractivity contribution in [2.45, 2.75) is 9.79 Å². The number of pyridine rings is 1. The van der Waals surface area contributed by atoms with Gasteiger partial charge in [-0.1, -0.05) is 174 Å². The summed E-state index contributed by atoms with van der Waals surface area (Å²) in [4.78, 5) is 7.60. The fourth-order valence-electron chi connectivity index (χ4n) is 5.10. The van der Waals surface area contributed by atoms with E-state index < -0.39 is 14.2 Å². The molecule has 7 rings (SSSR count). The first-order chi connectivity index (χ1) is 22.8. The number of hydrogen-bond acceptors (Lipinski definition) is 3. The van der Waals surface area contributed by atoms with Crippen molar-refractivity contribution in [3.05, 3.63) is 188 Å². The van der Waals surface area contributed by atoms with Gasteiger partial charge in [-0.2, -0.15) is 0 Å². The van der Waals surface area contributed by atoms with E-state index in [2.05, 4.69) is 188 Å². The van der Waals surface area contributed by atoms with Gasteiger partial charge in [0.25, 0.3) is 0 Å². The highest BCUT2D eigenvalue weighted by molar-refractivity contribution is 8.60. The predicted molar refractivity (Wildman–Crippen MR) is 205 cm³/mol. The zero-order valence-corrected chi connectivity index (χ0v) is 28.5. The van der Waals surface area contributed by atoms with E-state index >= 15 is 0 Å². The summed E-state index contributed by atoms with van der Waals surface area (Å²) in [5.74, 6) is 0. The third kappa shape index (κ3) is 7.52. The standard InChI is InChI=1S/C41H31NP2S2/c1-5-14-34(15-6-1)43(35-16-7-2-8-17-35)45-38-28-24-32(25-29-38)40-22-13-23-41(42-40)33-26-30-39(31-27-33)46-44(36-18-9-3-10-19-36)37-20-11-4-12-21-37/h1-31H. The second kappa shape index (κ2) is 15.1. The molecule has 0 atom stereocenters. The van der Waals surface area contributed by atoms with Crippen LogP contribution in [0.25, 0.3) is 22.5 Å². The topological polar surface area (TPSA) is 12.9 Å². The number of rotatable bonds is 10. The molecule has 0 bridgehead atoms. The molecule has 0 saturated heterocycles. The van der Waals surface area contributed by atoms with Crippen LogP contribution in [-0.4, -0.2) is 4.98 Å². The molecular formula is C41H31NP2S2. The van der Waals surface area contributed by atoms with Gasteiger partial charge in [0.1, 0.15) is 0 Å². The minimum atomic E-state index is -0.561. The smallest absolute Gasteiger partial charge is 0.0709 e. The molecule has 0 radical (unpaired) electrons. The Morgan fingerprint density at radius 1 is 0.304 bits per heavy atom. The van der Waals surface area contributed by atoms with Gasteiger partial charge in [-0.3, -0.25) is 0 Å². The molecule has 222 valence electrons. The Morgan fingerprint density at radius 2 is 0.609 bits per heavy atom. The van der Waals surface area contributed by atoms with Crippen molar-refractivity contribution in [2.75, 3.05) is 0 Å². The summed E-state index contributed by atoms with van der Waals surface area (Å²) in [5.41, 5.74) is 4.21. The third-order valence-corrected chi connectivity index (χ3v) is 16.7. The first-order valence-electron chi connectivity index (χ1n) is 15.1. The normalized spacial score (nSPS) is 11.2. The lowest BCUT2D eigenvalue weighted by atomic mass is 10.1. The molecule has 0 unspecified atom stereocenters. The molecule has 0 fully saturated rings. The van der Waals surface area contributed by atoms with Gasteiger partial charge in [0.2, 0.25) is 0 Å². The summed E-state index contributed by atoms with van der Waals surface area (Å²) in [6.45, 7) is 0.